The van der Waals surface area contributed by atoms with Crippen LogP contribution < -0.4 is 10.1 Å². The molecule has 0 aliphatic carbocycles. The number of oxazole rings is 1. The van der Waals surface area contributed by atoms with E-state index in [-0.39, 0.29) is 31.2 Å². The normalized spacial score (nSPS) is 12.5. The van der Waals surface area contributed by atoms with Gasteiger partial charge in [-0.25, -0.2) is 9.78 Å². The number of aromatic nitrogens is 1. The number of ether oxygens (including phenoxy) is 2. The Bertz CT molecular complexity index is 1410. The van der Waals surface area contributed by atoms with Crippen LogP contribution in [0.3, 0.4) is 0 Å². The van der Waals surface area contributed by atoms with Gasteiger partial charge in [0.15, 0.2) is 12.0 Å². The van der Waals surface area contributed by atoms with Crippen molar-refractivity contribution in [1.29, 1.82) is 0 Å². The van der Waals surface area contributed by atoms with Crippen LogP contribution in [0.2, 0.25) is 0 Å². The zero-order chi connectivity index (χ0) is 32.2. The first-order valence-electron chi connectivity index (χ1n) is 14.0. The summed E-state index contributed by atoms with van der Waals surface area (Å²) < 4.78 is 58.3. The molecule has 0 atom stereocenters. The van der Waals surface area contributed by atoms with Gasteiger partial charge in [-0.3, -0.25) is 9.69 Å². The maximum atomic E-state index is 13.8. The molecule has 3 rings (SSSR count). The molecule has 234 valence electrons. The minimum atomic E-state index is -4.63. The number of alkyl halides is 3. The van der Waals surface area contributed by atoms with Crippen molar-refractivity contribution in [3.63, 3.8) is 0 Å². The number of carbonyl (C=O) groups excluding carboxylic acids is 2. The average molecular weight is 604 g/mol. The fourth-order valence-corrected chi connectivity index (χ4v) is 4.16. The molecule has 0 aliphatic rings. The van der Waals surface area contributed by atoms with E-state index >= 15 is 0 Å². The Balaban J connectivity index is 1.77. The number of aryl methyl sites for hydroxylation is 1. The number of benzene rings is 2. The van der Waals surface area contributed by atoms with E-state index in [1.807, 2.05) is 0 Å². The summed E-state index contributed by atoms with van der Waals surface area (Å²) in [7, 11) is 0. The predicted molar refractivity (Wildman–Crippen MR) is 157 cm³/mol. The number of carbonyl (C=O) groups is 2. The van der Waals surface area contributed by atoms with Crippen LogP contribution in [0.15, 0.2) is 53.3 Å². The molecule has 11 heteroatoms. The lowest BCUT2D eigenvalue weighted by atomic mass is 9.99. The summed E-state index contributed by atoms with van der Waals surface area (Å²) in [6.45, 7) is 14.2. The highest BCUT2D eigenvalue weighted by molar-refractivity contribution is 5.93. The van der Waals surface area contributed by atoms with Crippen LogP contribution in [-0.4, -0.2) is 39.5 Å². The third-order valence-electron chi connectivity index (χ3n) is 6.46. The molecule has 0 bridgehead atoms. The van der Waals surface area contributed by atoms with Crippen LogP contribution in [0, 0.1) is 6.92 Å². The quantitative estimate of drug-likeness (QED) is 0.231. The first kappa shape index (κ1) is 33.6. The molecule has 0 aliphatic heterocycles. The Hall–Kier alpha value is -3.86. The van der Waals surface area contributed by atoms with Gasteiger partial charge in [0.1, 0.15) is 17.1 Å². The third kappa shape index (κ3) is 9.84. The fourth-order valence-electron chi connectivity index (χ4n) is 4.16. The molecule has 1 amide bonds. The van der Waals surface area contributed by atoms with Crippen LogP contribution in [0.25, 0.3) is 0 Å². The van der Waals surface area contributed by atoms with Crippen molar-refractivity contribution in [2.24, 2.45) is 0 Å². The highest BCUT2D eigenvalue weighted by Crippen LogP contribution is 2.37. The Morgan fingerprint density at radius 1 is 1.00 bits per heavy atom. The number of amides is 1. The first-order chi connectivity index (χ1) is 19.8. The van der Waals surface area contributed by atoms with Crippen LogP contribution >= 0.6 is 0 Å². The molecule has 3 aromatic rings. The molecule has 1 aromatic heterocycles. The summed E-state index contributed by atoms with van der Waals surface area (Å²) in [6.07, 6.45) is -3.33. The number of esters is 1. The minimum Gasteiger partial charge on any atom is -0.476 e. The zero-order valence-corrected chi connectivity index (χ0v) is 25.9. The van der Waals surface area contributed by atoms with Gasteiger partial charge in [-0.1, -0.05) is 32.0 Å². The maximum Gasteiger partial charge on any atom is 0.418 e. The minimum absolute atomic E-state index is 0.105. The molecule has 0 saturated heterocycles. The highest BCUT2D eigenvalue weighted by Gasteiger charge is 2.36. The van der Waals surface area contributed by atoms with Crippen LogP contribution in [-0.2, 0) is 33.6 Å². The Kier molecular flexibility index (Phi) is 10.3. The molecule has 0 fully saturated rings. The van der Waals surface area contributed by atoms with E-state index in [0.717, 1.165) is 11.6 Å². The van der Waals surface area contributed by atoms with Gasteiger partial charge in [-0.05, 0) is 82.9 Å². The van der Waals surface area contributed by atoms with Crippen LogP contribution in [0.1, 0.15) is 82.5 Å². The lowest BCUT2D eigenvalue weighted by Crippen LogP contribution is -2.43. The van der Waals surface area contributed by atoms with Crippen molar-refractivity contribution in [2.75, 3.05) is 11.9 Å². The Morgan fingerprint density at radius 3 is 2.19 bits per heavy atom. The van der Waals surface area contributed by atoms with Gasteiger partial charge in [0.05, 0.1) is 30.0 Å². The molecular formula is C32H40F3N3O5. The monoisotopic (exact) mass is 603 g/mol. The lowest BCUT2D eigenvalue weighted by molar-refractivity contribution is -0.171. The van der Waals surface area contributed by atoms with Crippen molar-refractivity contribution in [2.45, 2.75) is 91.8 Å². The van der Waals surface area contributed by atoms with E-state index in [9.17, 15) is 22.8 Å². The molecule has 8 nitrogen and oxygen atoms in total. The second kappa shape index (κ2) is 13.2. The molecule has 0 unspecified atom stereocenters. The van der Waals surface area contributed by atoms with E-state index < -0.39 is 34.8 Å². The molecule has 43 heavy (non-hydrogen) atoms. The number of rotatable bonds is 11. The van der Waals surface area contributed by atoms with Crippen molar-refractivity contribution in [3.8, 4) is 5.75 Å². The van der Waals surface area contributed by atoms with Crippen molar-refractivity contribution >= 4 is 17.6 Å². The lowest BCUT2D eigenvalue weighted by Gasteiger charge is -2.29. The van der Waals surface area contributed by atoms with Crippen molar-refractivity contribution < 1.29 is 36.7 Å². The maximum absolute atomic E-state index is 13.8. The van der Waals surface area contributed by atoms with E-state index in [2.05, 4.69) is 10.3 Å². The fraction of sp³-hybridized carbons (Fsp3) is 0.469. The smallest absolute Gasteiger partial charge is 0.418 e. The van der Waals surface area contributed by atoms with Gasteiger partial charge in [-0.15, -0.1) is 0 Å². The van der Waals surface area contributed by atoms with E-state index in [0.29, 0.717) is 22.8 Å². The summed E-state index contributed by atoms with van der Waals surface area (Å²) in [5.74, 6) is -0.245. The van der Waals surface area contributed by atoms with E-state index in [4.69, 9.17) is 13.9 Å². The number of hydrogen-bond donors (Lipinski definition) is 1. The molecular weight excluding hydrogens is 563 g/mol. The second-order valence-electron chi connectivity index (χ2n) is 12.3. The van der Waals surface area contributed by atoms with Gasteiger partial charge in [0.2, 0.25) is 5.91 Å². The summed E-state index contributed by atoms with van der Waals surface area (Å²) >= 11 is 0. The van der Waals surface area contributed by atoms with Gasteiger partial charge in [0, 0.05) is 6.54 Å². The topological polar surface area (TPSA) is 93.9 Å². The van der Waals surface area contributed by atoms with Gasteiger partial charge < -0.3 is 19.2 Å². The highest BCUT2D eigenvalue weighted by atomic mass is 19.4. The summed E-state index contributed by atoms with van der Waals surface area (Å²) in [6, 6.07) is 10.9. The zero-order valence-electron chi connectivity index (χ0n) is 25.9. The number of nitrogens with zero attached hydrogens (tertiary/aromatic N) is 2. The standard InChI is InChI=1S/C32H40F3N3O5/c1-20(2)23-11-14-26(25(15-23)32(33,34)35)37-28(39)18-38(17-27-21(3)36-19-41-27)16-22-9-12-24(13-10-22)42-31(7,8)29(40)43-30(4,5)6/h9-15,19-20H,16-18H2,1-8H3,(H,37,39). The summed E-state index contributed by atoms with van der Waals surface area (Å²) in [5.41, 5.74) is -1.13. The molecule has 2 aromatic carbocycles. The predicted octanol–water partition coefficient (Wildman–Crippen LogP) is 7.27. The second-order valence-corrected chi connectivity index (χ2v) is 12.3. The van der Waals surface area contributed by atoms with Gasteiger partial charge in [-0.2, -0.15) is 13.2 Å². The van der Waals surface area contributed by atoms with Crippen LogP contribution in [0.4, 0.5) is 18.9 Å². The first-order valence-corrected chi connectivity index (χ1v) is 14.0. The van der Waals surface area contributed by atoms with Gasteiger partial charge in [0.25, 0.3) is 0 Å². The largest absolute Gasteiger partial charge is 0.476 e. The van der Waals surface area contributed by atoms with Crippen LogP contribution in [0.5, 0.6) is 5.75 Å². The number of anilines is 1. The summed E-state index contributed by atoms with van der Waals surface area (Å²) in [4.78, 5) is 31.5. The molecule has 1 heterocycles. The molecule has 0 spiro atoms. The van der Waals surface area contributed by atoms with E-state index in [1.54, 1.807) is 90.6 Å². The van der Waals surface area contributed by atoms with Crippen molar-refractivity contribution in [1.82, 2.24) is 9.88 Å². The van der Waals surface area contributed by atoms with E-state index in [1.165, 1.54) is 12.5 Å². The number of halogens is 3. The number of nitrogens with one attached hydrogen (secondary N) is 1. The Morgan fingerprint density at radius 2 is 1.65 bits per heavy atom. The summed E-state index contributed by atoms with van der Waals surface area (Å²) in [5, 5.41) is 2.44. The van der Waals surface area contributed by atoms with Crippen molar-refractivity contribution in [3.05, 3.63) is 77.0 Å². The molecule has 0 saturated carbocycles. The number of hydrogen-bond acceptors (Lipinski definition) is 7. The molecule has 1 N–H and O–H groups in total. The molecule has 0 radical (unpaired) electrons. The Labute approximate surface area is 250 Å². The SMILES string of the molecule is Cc1ncoc1CN(CC(=O)Nc1ccc(C(C)C)cc1C(F)(F)F)Cc1ccc(OC(C)(C)C(=O)OC(C)(C)C)cc1. The third-order valence-corrected chi connectivity index (χ3v) is 6.46. The average Bonchev–Trinajstić information content (AvgIpc) is 3.27. The van der Waals surface area contributed by atoms with Gasteiger partial charge >= 0.3 is 12.1 Å².